The Labute approximate surface area is 107 Å². The van der Waals surface area contributed by atoms with Crippen molar-refractivity contribution in [3.63, 3.8) is 0 Å². The second-order valence-corrected chi connectivity index (χ2v) is 4.28. The lowest BCUT2D eigenvalue weighted by molar-refractivity contribution is 0.0526. The molecule has 0 fully saturated rings. The lowest BCUT2D eigenvalue weighted by Gasteiger charge is -2.06. The number of hydrogen-bond donors (Lipinski definition) is 0. The fourth-order valence-electron chi connectivity index (χ4n) is 1.85. The molecule has 0 bridgehead atoms. The summed E-state index contributed by atoms with van der Waals surface area (Å²) in [6.07, 6.45) is 0. The molecule has 18 heavy (non-hydrogen) atoms. The molecule has 0 aliphatic carbocycles. The third-order valence-corrected chi connectivity index (χ3v) is 2.84. The summed E-state index contributed by atoms with van der Waals surface area (Å²) in [6, 6.07) is 11.7. The average Bonchev–Trinajstić information content (AvgIpc) is 2.37. The topological polar surface area (TPSA) is 26.3 Å². The molecular formula is C16H16O2. The van der Waals surface area contributed by atoms with E-state index in [-0.39, 0.29) is 5.97 Å². The minimum atomic E-state index is -0.278. The molecule has 0 aromatic heterocycles. The third kappa shape index (κ3) is 2.43. The van der Waals surface area contributed by atoms with Gasteiger partial charge in [-0.3, -0.25) is 0 Å². The Kier molecular flexibility index (Phi) is 3.47. The van der Waals surface area contributed by atoms with Crippen LogP contribution in [0.15, 0.2) is 43.0 Å². The highest BCUT2D eigenvalue weighted by Crippen LogP contribution is 2.21. The van der Waals surface area contributed by atoms with Gasteiger partial charge in [-0.1, -0.05) is 30.4 Å². The summed E-state index contributed by atoms with van der Waals surface area (Å²) in [5.41, 5.74) is 2.69. The monoisotopic (exact) mass is 240 g/mol. The molecule has 0 spiro atoms. The number of hydrogen-bond acceptors (Lipinski definition) is 2. The molecule has 0 saturated heterocycles. The van der Waals surface area contributed by atoms with E-state index in [9.17, 15) is 4.79 Å². The van der Waals surface area contributed by atoms with Gasteiger partial charge in [0.25, 0.3) is 0 Å². The van der Waals surface area contributed by atoms with Gasteiger partial charge in [0.1, 0.15) is 0 Å². The number of carbonyl (C=O) groups excluding carboxylic acids is 1. The molecule has 0 heterocycles. The second kappa shape index (κ2) is 5.05. The summed E-state index contributed by atoms with van der Waals surface area (Å²) in [6.45, 7) is 8.09. The predicted octanol–water partition coefficient (Wildman–Crippen LogP) is 4.05. The number of allylic oxidation sites excluding steroid dienone is 1. The van der Waals surface area contributed by atoms with Gasteiger partial charge >= 0.3 is 5.97 Å². The van der Waals surface area contributed by atoms with Gasteiger partial charge in [-0.2, -0.15) is 0 Å². The first kappa shape index (κ1) is 12.4. The van der Waals surface area contributed by atoms with Crippen molar-refractivity contribution in [3.05, 3.63) is 54.1 Å². The van der Waals surface area contributed by atoms with Crippen LogP contribution in [0.5, 0.6) is 0 Å². The molecule has 2 heteroatoms. The average molecular weight is 240 g/mol. The summed E-state index contributed by atoms with van der Waals surface area (Å²) >= 11 is 0. The van der Waals surface area contributed by atoms with Gasteiger partial charge in [-0.05, 0) is 48.4 Å². The Morgan fingerprint density at radius 3 is 2.33 bits per heavy atom. The Balaban J connectivity index is 2.48. The van der Waals surface area contributed by atoms with E-state index in [2.05, 4.69) is 6.58 Å². The first-order valence-electron chi connectivity index (χ1n) is 5.98. The normalized spacial score (nSPS) is 10.3. The van der Waals surface area contributed by atoms with E-state index in [0.717, 1.165) is 21.9 Å². The first-order valence-corrected chi connectivity index (χ1v) is 5.98. The van der Waals surface area contributed by atoms with Crippen LogP contribution in [0.3, 0.4) is 0 Å². The summed E-state index contributed by atoms with van der Waals surface area (Å²) in [4.78, 5) is 11.7. The number of rotatable bonds is 3. The molecule has 2 aromatic carbocycles. The summed E-state index contributed by atoms with van der Waals surface area (Å²) in [5, 5.41) is 2.13. The van der Waals surface area contributed by atoms with Crippen molar-refractivity contribution >= 4 is 22.3 Å². The van der Waals surface area contributed by atoms with E-state index >= 15 is 0 Å². The fraction of sp³-hybridized carbons (Fsp3) is 0.188. The van der Waals surface area contributed by atoms with Crippen LogP contribution >= 0.6 is 0 Å². The van der Waals surface area contributed by atoms with Crippen LogP contribution in [0.25, 0.3) is 16.3 Å². The van der Waals surface area contributed by atoms with E-state index in [4.69, 9.17) is 4.74 Å². The van der Waals surface area contributed by atoms with Crippen molar-refractivity contribution in [2.45, 2.75) is 13.8 Å². The van der Waals surface area contributed by atoms with Crippen LogP contribution in [0.4, 0.5) is 0 Å². The molecule has 0 unspecified atom stereocenters. The number of ether oxygens (including phenoxy) is 1. The highest BCUT2D eigenvalue weighted by molar-refractivity contribution is 5.96. The van der Waals surface area contributed by atoms with Crippen LogP contribution < -0.4 is 0 Å². The van der Waals surface area contributed by atoms with Crippen LogP contribution in [0, 0.1) is 0 Å². The zero-order chi connectivity index (χ0) is 13.1. The SMILES string of the molecule is C=C(C)c1ccc2ccc(C(=O)OCC)cc2c1. The maximum Gasteiger partial charge on any atom is 0.338 e. The van der Waals surface area contributed by atoms with Crippen molar-refractivity contribution in [3.8, 4) is 0 Å². The summed E-state index contributed by atoms with van der Waals surface area (Å²) in [7, 11) is 0. The fourth-order valence-corrected chi connectivity index (χ4v) is 1.85. The molecule has 0 atom stereocenters. The highest BCUT2D eigenvalue weighted by atomic mass is 16.5. The molecule has 0 aliphatic rings. The largest absolute Gasteiger partial charge is 0.462 e. The Morgan fingerprint density at radius 2 is 1.72 bits per heavy atom. The van der Waals surface area contributed by atoms with E-state index in [1.54, 1.807) is 13.0 Å². The molecule has 0 N–H and O–H groups in total. The first-order chi connectivity index (χ1) is 8.61. The lowest BCUT2D eigenvalue weighted by atomic mass is 10.0. The molecule has 0 radical (unpaired) electrons. The molecule has 92 valence electrons. The van der Waals surface area contributed by atoms with Crippen molar-refractivity contribution in [1.29, 1.82) is 0 Å². The van der Waals surface area contributed by atoms with Gasteiger partial charge < -0.3 is 4.74 Å². The smallest absolute Gasteiger partial charge is 0.338 e. The minimum absolute atomic E-state index is 0.278. The Hall–Kier alpha value is -2.09. The third-order valence-electron chi connectivity index (χ3n) is 2.84. The van der Waals surface area contributed by atoms with Gasteiger partial charge in [0, 0.05) is 0 Å². The predicted molar refractivity (Wildman–Crippen MR) is 74.6 cm³/mol. The van der Waals surface area contributed by atoms with E-state index in [1.807, 2.05) is 37.3 Å². The van der Waals surface area contributed by atoms with Crippen LogP contribution in [-0.2, 0) is 4.74 Å². The van der Waals surface area contributed by atoms with Crippen molar-refractivity contribution in [2.24, 2.45) is 0 Å². The Bertz CT molecular complexity index is 612. The standard InChI is InChI=1S/C16H16O2/c1-4-18-16(17)14-8-6-12-5-7-13(11(2)3)9-15(12)10-14/h5-10H,2,4H2,1,3H3. The van der Waals surface area contributed by atoms with Gasteiger partial charge in [-0.25, -0.2) is 4.79 Å². The van der Waals surface area contributed by atoms with Crippen molar-refractivity contribution in [2.75, 3.05) is 6.61 Å². The maximum absolute atomic E-state index is 11.7. The molecule has 0 saturated carbocycles. The van der Waals surface area contributed by atoms with E-state index in [0.29, 0.717) is 12.2 Å². The van der Waals surface area contributed by atoms with Crippen LogP contribution in [0.2, 0.25) is 0 Å². The number of fused-ring (bicyclic) bond motifs is 1. The molecular weight excluding hydrogens is 224 g/mol. The lowest BCUT2D eigenvalue weighted by Crippen LogP contribution is -2.04. The van der Waals surface area contributed by atoms with E-state index < -0.39 is 0 Å². The number of esters is 1. The van der Waals surface area contributed by atoms with Crippen molar-refractivity contribution < 1.29 is 9.53 Å². The highest BCUT2D eigenvalue weighted by Gasteiger charge is 2.07. The molecule has 2 nitrogen and oxygen atoms in total. The summed E-state index contributed by atoms with van der Waals surface area (Å²) in [5.74, 6) is -0.278. The maximum atomic E-state index is 11.7. The van der Waals surface area contributed by atoms with Crippen molar-refractivity contribution in [1.82, 2.24) is 0 Å². The molecule has 2 aromatic rings. The van der Waals surface area contributed by atoms with Crippen LogP contribution in [-0.4, -0.2) is 12.6 Å². The molecule has 2 rings (SSSR count). The minimum Gasteiger partial charge on any atom is -0.462 e. The molecule has 0 aliphatic heterocycles. The quantitative estimate of drug-likeness (QED) is 0.756. The number of benzene rings is 2. The number of carbonyl (C=O) groups is 1. The Morgan fingerprint density at radius 1 is 1.11 bits per heavy atom. The van der Waals surface area contributed by atoms with Crippen LogP contribution in [0.1, 0.15) is 29.8 Å². The zero-order valence-corrected chi connectivity index (χ0v) is 10.7. The molecule has 0 amide bonds. The zero-order valence-electron chi connectivity index (χ0n) is 10.7. The van der Waals surface area contributed by atoms with E-state index in [1.165, 1.54) is 0 Å². The second-order valence-electron chi connectivity index (χ2n) is 4.28. The van der Waals surface area contributed by atoms with Gasteiger partial charge in [0.2, 0.25) is 0 Å². The summed E-state index contributed by atoms with van der Waals surface area (Å²) < 4.78 is 5.00. The van der Waals surface area contributed by atoms with Gasteiger partial charge in [-0.15, -0.1) is 0 Å². The van der Waals surface area contributed by atoms with Gasteiger partial charge in [0.05, 0.1) is 12.2 Å². The van der Waals surface area contributed by atoms with Gasteiger partial charge in [0.15, 0.2) is 0 Å².